The highest BCUT2D eigenvalue weighted by atomic mass is 16.4. The molecule has 0 radical (unpaired) electrons. The van der Waals surface area contributed by atoms with E-state index in [4.69, 9.17) is 5.11 Å². The molecule has 0 aromatic rings. The fourth-order valence-corrected chi connectivity index (χ4v) is 3.68. The molecule has 1 aliphatic carbocycles. The SMILES string of the molecule is CC1CCC(C(=O)O)CN1C(=O)CC1CCC(C)(C)CC1. The van der Waals surface area contributed by atoms with Crippen LogP contribution >= 0.6 is 0 Å². The Hall–Kier alpha value is -1.06. The van der Waals surface area contributed by atoms with E-state index < -0.39 is 5.97 Å². The van der Waals surface area contributed by atoms with E-state index in [1.807, 2.05) is 11.8 Å². The summed E-state index contributed by atoms with van der Waals surface area (Å²) in [6.45, 7) is 7.04. The van der Waals surface area contributed by atoms with Crippen LogP contribution < -0.4 is 0 Å². The lowest BCUT2D eigenvalue weighted by Crippen LogP contribution is -2.47. The molecule has 0 aromatic heterocycles. The smallest absolute Gasteiger partial charge is 0.308 e. The Morgan fingerprint density at radius 2 is 1.76 bits per heavy atom. The Morgan fingerprint density at radius 1 is 1.14 bits per heavy atom. The molecule has 2 aliphatic rings. The van der Waals surface area contributed by atoms with Gasteiger partial charge in [0.05, 0.1) is 5.92 Å². The standard InChI is InChI=1S/C17H29NO3/c1-12-4-5-14(16(20)21)11-18(12)15(19)10-13-6-8-17(2,3)9-7-13/h12-14H,4-11H2,1-3H3,(H,20,21). The molecule has 2 atom stereocenters. The van der Waals surface area contributed by atoms with E-state index in [-0.39, 0.29) is 17.9 Å². The summed E-state index contributed by atoms with van der Waals surface area (Å²) in [5.74, 6) is -0.490. The lowest BCUT2D eigenvalue weighted by atomic mass is 9.72. The molecule has 0 aromatic carbocycles. The van der Waals surface area contributed by atoms with E-state index in [9.17, 15) is 9.59 Å². The first-order valence-electron chi connectivity index (χ1n) is 8.31. The monoisotopic (exact) mass is 295 g/mol. The number of carbonyl (C=O) groups excluding carboxylic acids is 1. The fourth-order valence-electron chi connectivity index (χ4n) is 3.68. The number of nitrogens with zero attached hydrogens (tertiary/aromatic N) is 1. The molecule has 120 valence electrons. The number of hydrogen-bond acceptors (Lipinski definition) is 2. The molecule has 21 heavy (non-hydrogen) atoms. The van der Waals surface area contributed by atoms with Crippen molar-refractivity contribution in [2.45, 2.75) is 71.8 Å². The molecule has 2 unspecified atom stereocenters. The van der Waals surface area contributed by atoms with Gasteiger partial charge in [0.25, 0.3) is 0 Å². The molecule has 1 heterocycles. The molecule has 1 amide bonds. The minimum atomic E-state index is -0.765. The summed E-state index contributed by atoms with van der Waals surface area (Å²) in [6.07, 6.45) is 6.74. The fraction of sp³-hybridized carbons (Fsp3) is 0.882. The second kappa shape index (κ2) is 6.37. The third-order valence-corrected chi connectivity index (χ3v) is 5.47. The molecule has 0 bridgehead atoms. The van der Waals surface area contributed by atoms with Crippen molar-refractivity contribution in [1.82, 2.24) is 4.90 Å². The van der Waals surface area contributed by atoms with Crippen LogP contribution in [0.1, 0.15) is 65.7 Å². The van der Waals surface area contributed by atoms with Gasteiger partial charge in [0.2, 0.25) is 5.91 Å². The van der Waals surface area contributed by atoms with E-state index in [0.717, 1.165) is 19.3 Å². The highest BCUT2D eigenvalue weighted by Gasteiger charge is 2.34. The second-order valence-corrected chi connectivity index (χ2v) is 7.82. The van der Waals surface area contributed by atoms with Crippen LogP contribution in [0.25, 0.3) is 0 Å². The summed E-state index contributed by atoms with van der Waals surface area (Å²) in [7, 11) is 0. The minimum Gasteiger partial charge on any atom is -0.481 e. The molecule has 2 fully saturated rings. The number of carboxylic acid groups (broad SMARTS) is 1. The van der Waals surface area contributed by atoms with Crippen LogP contribution in [0.15, 0.2) is 0 Å². The van der Waals surface area contributed by atoms with Gasteiger partial charge < -0.3 is 10.0 Å². The van der Waals surface area contributed by atoms with E-state index >= 15 is 0 Å². The van der Waals surface area contributed by atoms with Crippen LogP contribution in [-0.4, -0.2) is 34.5 Å². The van der Waals surface area contributed by atoms with E-state index in [1.165, 1.54) is 12.8 Å². The zero-order chi connectivity index (χ0) is 15.6. The quantitative estimate of drug-likeness (QED) is 0.869. The average Bonchev–Trinajstić information content (AvgIpc) is 2.41. The van der Waals surface area contributed by atoms with Gasteiger partial charge >= 0.3 is 5.97 Å². The predicted octanol–water partition coefficient (Wildman–Crippen LogP) is 3.30. The average molecular weight is 295 g/mol. The Balaban J connectivity index is 1.88. The molecular weight excluding hydrogens is 266 g/mol. The Labute approximate surface area is 127 Å². The van der Waals surface area contributed by atoms with Gasteiger partial charge in [-0.1, -0.05) is 13.8 Å². The number of likely N-dealkylation sites (tertiary alicyclic amines) is 1. The van der Waals surface area contributed by atoms with Crippen molar-refractivity contribution < 1.29 is 14.7 Å². The number of carbonyl (C=O) groups is 2. The highest BCUT2D eigenvalue weighted by Crippen LogP contribution is 2.39. The van der Waals surface area contributed by atoms with E-state index in [2.05, 4.69) is 13.8 Å². The van der Waals surface area contributed by atoms with E-state index in [0.29, 0.717) is 30.7 Å². The Morgan fingerprint density at radius 3 is 2.33 bits per heavy atom. The van der Waals surface area contributed by atoms with Crippen LogP contribution in [0.2, 0.25) is 0 Å². The number of piperidine rings is 1. The van der Waals surface area contributed by atoms with Gasteiger partial charge in [0.15, 0.2) is 0 Å². The summed E-state index contributed by atoms with van der Waals surface area (Å²) in [5, 5.41) is 9.17. The molecule has 1 saturated heterocycles. The maximum atomic E-state index is 12.5. The summed E-state index contributed by atoms with van der Waals surface area (Å²) >= 11 is 0. The van der Waals surface area contributed by atoms with Gasteiger partial charge in [-0.2, -0.15) is 0 Å². The van der Waals surface area contributed by atoms with Crippen molar-refractivity contribution in [3.05, 3.63) is 0 Å². The third kappa shape index (κ3) is 4.21. The first-order chi connectivity index (χ1) is 9.78. The second-order valence-electron chi connectivity index (χ2n) is 7.82. The highest BCUT2D eigenvalue weighted by molar-refractivity contribution is 5.78. The van der Waals surface area contributed by atoms with Crippen molar-refractivity contribution in [3.63, 3.8) is 0 Å². The Kier molecular flexibility index (Phi) is 4.95. The van der Waals surface area contributed by atoms with Gasteiger partial charge in [-0.15, -0.1) is 0 Å². The van der Waals surface area contributed by atoms with Gasteiger partial charge in [-0.3, -0.25) is 9.59 Å². The maximum absolute atomic E-state index is 12.5. The van der Waals surface area contributed by atoms with Crippen LogP contribution in [0.4, 0.5) is 0 Å². The topological polar surface area (TPSA) is 57.6 Å². The number of hydrogen-bond donors (Lipinski definition) is 1. The van der Waals surface area contributed by atoms with Crippen molar-refractivity contribution in [1.29, 1.82) is 0 Å². The number of carboxylic acids is 1. The van der Waals surface area contributed by atoms with Gasteiger partial charge in [-0.25, -0.2) is 0 Å². The number of rotatable bonds is 3. The lowest BCUT2D eigenvalue weighted by molar-refractivity contribution is -0.147. The van der Waals surface area contributed by atoms with Crippen LogP contribution in [-0.2, 0) is 9.59 Å². The molecule has 4 nitrogen and oxygen atoms in total. The maximum Gasteiger partial charge on any atom is 0.308 e. The van der Waals surface area contributed by atoms with Crippen LogP contribution in [0, 0.1) is 17.3 Å². The molecular formula is C17H29NO3. The molecule has 2 rings (SSSR count). The molecule has 4 heteroatoms. The summed E-state index contributed by atoms with van der Waals surface area (Å²) in [4.78, 5) is 25.5. The minimum absolute atomic E-state index is 0.165. The van der Waals surface area contributed by atoms with Crippen molar-refractivity contribution in [2.24, 2.45) is 17.3 Å². The van der Waals surface area contributed by atoms with Crippen LogP contribution in [0.5, 0.6) is 0 Å². The predicted molar refractivity (Wildman–Crippen MR) is 81.9 cm³/mol. The normalized spacial score (nSPS) is 30.1. The third-order valence-electron chi connectivity index (χ3n) is 5.47. The first kappa shape index (κ1) is 16.3. The largest absolute Gasteiger partial charge is 0.481 e. The zero-order valence-corrected chi connectivity index (χ0v) is 13.6. The molecule has 0 spiro atoms. The van der Waals surface area contributed by atoms with Crippen LogP contribution in [0.3, 0.4) is 0 Å². The van der Waals surface area contributed by atoms with E-state index in [1.54, 1.807) is 0 Å². The zero-order valence-electron chi connectivity index (χ0n) is 13.6. The molecule has 1 N–H and O–H groups in total. The summed E-state index contributed by atoms with van der Waals surface area (Å²) < 4.78 is 0. The van der Waals surface area contributed by atoms with Crippen molar-refractivity contribution >= 4 is 11.9 Å². The Bertz CT molecular complexity index is 395. The lowest BCUT2D eigenvalue weighted by Gasteiger charge is -2.39. The number of amides is 1. The summed E-state index contributed by atoms with van der Waals surface area (Å²) in [5.41, 5.74) is 0.423. The first-order valence-corrected chi connectivity index (χ1v) is 8.31. The van der Waals surface area contributed by atoms with Crippen molar-refractivity contribution in [2.75, 3.05) is 6.54 Å². The van der Waals surface area contributed by atoms with Crippen molar-refractivity contribution in [3.8, 4) is 0 Å². The number of aliphatic carboxylic acids is 1. The van der Waals surface area contributed by atoms with Gasteiger partial charge in [-0.05, 0) is 56.8 Å². The molecule has 1 saturated carbocycles. The van der Waals surface area contributed by atoms with Gasteiger partial charge in [0.1, 0.15) is 0 Å². The molecule has 1 aliphatic heterocycles. The van der Waals surface area contributed by atoms with Gasteiger partial charge in [0, 0.05) is 19.0 Å². The summed E-state index contributed by atoms with van der Waals surface area (Å²) in [6, 6.07) is 0.188.